The van der Waals surface area contributed by atoms with Gasteiger partial charge in [0, 0.05) is 12.3 Å². The first-order chi connectivity index (χ1) is 15.4. The molecule has 0 aromatic heterocycles. The lowest BCUT2D eigenvalue weighted by Gasteiger charge is -2.25. The van der Waals surface area contributed by atoms with Crippen molar-refractivity contribution >= 4 is 54.0 Å². The average molecular weight is 510 g/mol. The zero-order valence-electron chi connectivity index (χ0n) is 18.7. The van der Waals surface area contributed by atoms with Crippen LogP contribution < -0.4 is 33.2 Å². The Morgan fingerprint density at radius 3 is 2.09 bits per heavy atom. The van der Waals surface area contributed by atoms with Crippen LogP contribution >= 0.6 is 24.4 Å². The van der Waals surface area contributed by atoms with Crippen LogP contribution in [0, 0.1) is 0 Å². The first-order valence-electron chi connectivity index (χ1n) is 10.2. The minimum Gasteiger partial charge on any atom is -0.480 e. The number of thioether (sulfide) groups is 1. The molecule has 0 saturated carbocycles. The van der Waals surface area contributed by atoms with Crippen molar-refractivity contribution in [1.29, 1.82) is 0 Å². The van der Waals surface area contributed by atoms with Gasteiger partial charge in [-0.25, -0.2) is 4.79 Å². The van der Waals surface area contributed by atoms with Gasteiger partial charge in [-0.05, 0) is 38.2 Å². The average Bonchev–Trinajstić information content (AvgIpc) is 2.74. The van der Waals surface area contributed by atoms with Gasteiger partial charge >= 0.3 is 5.97 Å². The molecule has 190 valence electrons. The number of hydrogen-bond acceptors (Lipinski definition) is 9. The number of carbonyl (C=O) groups excluding carboxylic acids is 3. The molecule has 5 unspecified atom stereocenters. The Morgan fingerprint density at radius 1 is 1.03 bits per heavy atom. The van der Waals surface area contributed by atoms with Gasteiger partial charge in [0.25, 0.3) is 0 Å². The molecular weight excluding hydrogens is 474 g/mol. The molecule has 0 heterocycles. The summed E-state index contributed by atoms with van der Waals surface area (Å²) >= 11 is 5.61. The number of nitrogens with two attached hydrogens (primary N) is 3. The van der Waals surface area contributed by atoms with E-state index >= 15 is 0 Å². The number of hydrogen-bond donors (Lipinski definition) is 9. The van der Waals surface area contributed by atoms with Gasteiger partial charge in [-0.2, -0.15) is 24.4 Å². The summed E-state index contributed by atoms with van der Waals surface area (Å²) in [5, 5.41) is 26.0. The number of carbonyl (C=O) groups is 4. The number of aliphatic hydroxyl groups excluding tert-OH is 1. The van der Waals surface area contributed by atoms with Crippen LogP contribution in [0.5, 0.6) is 0 Å². The van der Waals surface area contributed by atoms with E-state index in [-0.39, 0.29) is 31.1 Å². The number of nitrogens with one attached hydrogen (secondary N) is 3. The van der Waals surface area contributed by atoms with Crippen molar-refractivity contribution in [3.63, 3.8) is 0 Å². The van der Waals surface area contributed by atoms with E-state index in [1.54, 1.807) is 0 Å². The van der Waals surface area contributed by atoms with Crippen LogP contribution in [0.15, 0.2) is 4.99 Å². The van der Waals surface area contributed by atoms with Crippen LogP contribution in [-0.2, 0) is 19.2 Å². The van der Waals surface area contributed by atoms with E-state index < -0.39 is 54.0 Å². The SMILES string of the molecule is CSCCC(N)C(=O)NC(CS)C(=O)NC(CCCN=C(N)N)C(=O)NC(C(=O)O)C(C)O. The summed E-state index contributed by atoms with van der Waals surface area (Å²) in [6.07, 6.45) is 1.25. The third kappa shape index (κ3) is 12.6. The Balaban J connectivity index is 5.33. The number of amides is 3. The smallest absolute Gasteiger partial charge is 0.328 e. The number of aliphatic carboxylic acids is 1. The summed E-state index contributed by atoms with van der Waals surface area (Å²) < 4.78 is 0. The van der Waals surface area contributed by atoms with E-state index in [2.05, 4.69) is 33.6 Å². The van der Waals surface area contributed by atoms with E-state index in [0.29, 0.717) is 12.2 Å². The standard InChI is InChI=1S/C18H35N7O6S2/c1-9(26)13(17(30)31)25-15(28)11(4-3-6-22-18(20)21)23-16(29)12(8-32)24-14(27)10(19)5-7-33-2/h9-13,26,32H,3-8,19H2,1-2H3,(H,23,29)(H,24,27)(H,25,28)(H,30,31)(H4,20,21,22). The predicted molar refractivity (Wildman–Crippen MR) is 130 cm³/mol. The molecular formula is C18H35N7O6S2. The van der Waals surface area contributed by atoms with E-state index in [1.807, 2.05) is 6.26 Å². The van der Waals surface area contributed by atoms with Crippen molar-refractivity contribution in [2.24, 2.45) is 22.2 Å². The van der Waals surface area contributed by atoms with Crippen molar-refractivity contribution in [1.82, 2.24) is 16.0 Å². The lowest BCUT2D eigenvalue weighted by Crippen LogP contribution is -2.58. The molecule has 0 aromatic carbocycles. The summed E-state index contributed by atoms with van der Waals surface area (Å²) in [4.78, 5) is 52.7. The van der Waals surface area contributed by atoms with E-state index in [0.717, 1.165) is 0 Å². The van der Waals surface area contributed by atoms with Crippen molar-refractivity contribution in [2.75, 3.05) is 24.3 Å². The number of carboxylic acids is 1. The topological polar surface area (TPSA) is 235 Å². The highest BCUT2D eigenvalue weighted by molar-refractivity contribution is 7.98. The zero-order chi connectivity index (χ0) is 25.6. The van der Waals surface area contributed by atoms with Gasteiger partial charge in [-0.15, -0.1) is 0 Å². The molecule has 5 atom stereocenters. The number of nitrogens with zero attached hydrogens (tertiary/aromatic N) is 1. The van der Waals surface area contributed by atoms with Crippen LogP contribution in [-0.4, -0.2) is 94.4 Å². The van der Waals surface area contributed by atoms with Gasteiger partial charge in [0.1, 0.15) is 12.1 Å². The number of aliphatic imine (C=N–C) groups is 1. The number of guanidine groups is 1. The fourth-order valence-corrected chi connectivity index (χ4v) is 3.28. The Morgan fingerprint density at radius 2 is 1.61 bits per heavy atom. The molecule has 0 aliphatic rings. The van der Waals surface area contributed by atoms with Gasteiger partial charge in [0.2, 0.25) is 17.7 Å². The summed E-state index contributed by atoms with van der Waals surface area (Å²) in [6, 6.07) is -4.66. The Kier molecular flexibility index (Phi) is 15.3. The Labute approximate surface area is 202 Å². The lowest BCUT2D eigenvalue weighted by molar-refractivity contribution is -0.145. The summed E-state index contributed by atoms with van der Waals surface area (Å²) in [6.45, 7) is 1.37. The molecule has 0 aromatic rings. The molecule has 0 rings (SSSR count). The second-order valence-electron chi connectivity index (χ2n) is 7.21. The molecule has 0 fully saturated rings. The molecule has 0 aliphatic carbocycles. The zero-order valence-corrected chi connectivity index (χ0v) is 20.4. The fraction of sp³-hybridized carbons (Fsp3) is 0.722. The quantitative estimate of drug-likeness (QED) is 0.0441. The molecule has 0 spiro atoms. The maximum Gasteiger partial charge on any atom is 0.328 e. The van der Waals surface area contributed by atoms with Gasteiger partial charge in [-0.3, -0.25) is 19.4 Å². The number of aliphatic hydroxyl groups is 1. The second-order valence-corrected chi connectivity index (χ2v) is 8.56. The van der Waals surface area contributed by atoms with Crippen molar-refractivity contribution in [3.8, 4) is 0 Å². The van der Waals surface area contributed by atoms with Crippen LogP contribution in [0.2, 0.25) is 0 Å². The molecule has 11 N–H and O–H groups in total. The largest absolute Gasteiger partial charge is 0.480 e. The van der Waals surface area contributed by atoms with Gasteiger partial charge < -0.3 is 43.4 Å². The third-order valence-corrected chi connectivity index (χ3v) is 5.42. The molecule has 33 heavy (non-hydrogen) atoms. The van der Waals surface area contributed by atoms with E-state index in [9.17, 15) is 29.4 Å². The van der Waals surface area contributed by atoms with Gasteiger partial charge in [0.05, 0.1) is 12.1 Å². The molecule has 0 aliphatic heterocycles. The molecule has 15 heteroatoms. The number of carboxylic acid groups (broad SMARTS) is 1. The lowest BCUT2D eigenvalue weighted by atomic mass is 10.1. The van der Waals surface area contributed by atoms with Crippen LogP contribution in [0.25, 0.3) is 0 Å². The third-order valence-electron chi connectivity index (χ3n) is 4.41. The van der Waals surface area contributed by atoms with Crippen molar-refractivity contribution < 1.29 is 29.4 Å². The number of thiol groups is 1. The highest BCUT2D eigenvalue weighted by Crippen LogP contribution is 2.04. The van der Waals surface area contributed by atoms with Crippen molar-refractivity contribution in [2.45, 2.75) is 56.5 Å². The van der Waals surface area contributed by atoms with Crippen LogP contribution in [0.1, 0.15) is 26.2 Å². The number of rotatable bonds is 16. The summed E-state index contributed by atoms with van der Waals surface area (Å²) in [5.41, 5.74) is 16.3. The Hall–Kier alpha value is -2.23. The fourth-order valence-electron chi connectivity index (χ4n) is 2.54. The Bertz CT molecular complexity index is 691. The van der Waals surface area contributed by atoms with Gasteiger partial charge in [-0.1, -0.05) is 0 Å². The second kappa shape index (κ2) is 16.4. The summed E-state index contributed by atoms with van der Waals surface area (Å²) in [7, 11) is 0. The predicted octanol–water partition coefficient (Wildman–Crippen LogP) is -3.03. The molecule has 0 radical (unpaired) electrons. The minimum absolute atomic E-state index is 0.0565. The van der Waals surface area contributed by atoms with Crippen LogP contribution in [0.4, 0.5) is 0 Å². The van der Waals surface area contributed by atoms with E-state index in [1.165, 1.54) is 18.7 Å². The summed E-state index contributed by atoms with van der Waals surface area (Å²) in [5.74, 6) is -3.06. The van der Waals surface area contributed by atoms with E-state index in [4.69, 9.17) is 17.2 Å². The molecule has 3 amide bonds. The van der Waals surface area contributed by atoms with Crippen molar-refractivity contribution in [3.05, 3.63) is 0 Å². The van der Waals surface area contributed by atoms with Gasteiger partial charge in [0.15, 0.2) is 12.0 Å². The first-order valence-corrected chi connectivity index (χ1v) is 12.2. The monoisotopic (exact) mass is 509 g/mol. The highest BCUT2D eigenvalue weighted by atomic mass is 32.2. The maximum atomic E-state index is 12.7. The van der Waals surface area contributed by atoms with Crippen LogP contribution in [0.3, 0.4) is 0 Å². The first kappa shape index (κ1) is 30.8. The maximum absolute atomic E-state index is 12.7. The normalized spacial score (nSPS) is 15.3. The molecule has 0 bridgehead atoms. The highest BCUT2D eigenvalue weighted by Gasteiger charge is 2.31. The molecule has 13 nitrogen and oxygen atoms in total. The minimum atomic E-state index is -1.58. The molecule has 0 saturated heterocycles.